The number of rotatable bonds is 2. The van der Waals surface area contributed by atoms with Crippen molar-refractivity contribution in [3.8, 4) is 0 Å². The van der Waals surface area contributed by atoms with Crippen molar-refractivity contribution >= 4 is 5.97 Å². The number of esters is 1. The zero-order valence-electron chi connectivity index (χ0n) is 22.6. The summed E-state index contributed by atoms with van der Waals surface area (Å²) in [5.74, 6) is 0.0257. The Kier molecular flexibility index (Phi) is 6.07. The second kappa shape index (κ2) is 8.28. The van der Waals surface area contributed by atoms with Crippen molar-refractivity contribution in [3.05, 3.63) is 11.6 Å². The zero-order chi connectivity index (χ0) is 25.4. The fraction of sp³-hybridized carbons (Fsp3) is 0.897. The van der Waals surface area contributed by atoms with E-state index in [1.54, 1.807) is 0 Å². The van der Waals surface area contributed by atoms with E-state index in [1.165, 1.54) is 12.5 Å². The van der Waals surface area contributed by atoms with E-state index in [9.17, 15) is 15.0 Å². The van der Waals surface area contributed by atoms with Gasteiger partial charge in [-0.05, 0) is 67.3 Å². The maximum atomic E-state index is 12.4. The molecule has 0 radical (unpaired) electrons. The predicted octanol–water partition coefficient (Wildman–Crippen LogP) is 4.62. The van der Waals surface area contributed by atoms with E-state index >= 15 is 0 Å². The molecule has 0 unspecified atom stereocenters. The first-order valence-corrected chi connectivity index (χ1v) is 13.8. The quantitative estimate of drug-likeness (QED) is 0.434. The Morgan fingerprint density at radius 2 is 1.86 bits per heavy atom. The summed E-state index contributed by atoms with van der Waals surface area (Å²) in [4.78, 5) is 11.3. The number of allylic oxidation sites excluding steroid dienone is 1. The van der Waals surface area contributed by atoms with Gasteiger partial charge in [-0.1, -0.05) is 40.2 Å². The van der Waals surface area contributed by atoms with E-state index < -0.39 is 17.5 Å². The Morgan fingerprint density at radius 1 is 1.17 bits per heavy atom. The largest absolute Gasteiger partial charge is 0.462 e. The number of hydrogen-bond donors (Lipinski definition) is 2. The molecule has 2 N–H and O–H groups in total. The lowest BCUT2D eigenvalue weighted by atomic mass is 9.40. The van der Waals surface area contributed by atoms with Crippen LogP contribution in [0.25, 0.3) is 0 Å². The summed E-state index contributed by atoms with van der Waals surface area (Å²) in [7, 11) is 0. The Morgan fingerprint density at radius 3 is 2.51 bits per heavy atom. The summed E-state index contributed by atoms with van der Waals surface area (Å²) in [6.45, 7) is 14.1. The third-order valence-corrected chi connectivity index (χ3v) is 11.1. The first-order valence-electron chi connectivity index (χ1n) is 13.8. The molecule has 5 rings (SSSR count). The van der Waals surface area contributed by atoms with Gasteiger partial charge < -0.3 is 24.4 Å². The highest BCUT2D eigenvalue weighted by molar-refractivity contribution is 5.66. The van der Waals surface area contributed by atoms with E-state index in [4.69, 9.17) is 14.2 Å². The van der Waals surface area contributed by atoms with E-state index in [1.807, 2.05) is 0 Å². The number of carbonyl (C=O) groups excluding carboxylic acids is 1. The summed E-state index contributed by atoms with van der Waals surface area (Å²) in [6, 6.07) is 0. The van der Waals surface area contributed by atoms with Gasteiger partial charge in [0.25, 0.3) is 0 Å². The van der Waals surface area contributed by atoms with Crippen LogP contribution in [-0.4, -0.2) is 53.5 Å². The first kappa shape index (κ1) is 25.7. The van der Waals surface area contributed by atoms with Crippen molar-refractivity contribution in [1.82, 2.24) is 0 Å². The molecule has 5 fully saturated rings. The Labute approximate surface area is 210 Å². The maximum absolute atomic E-state index is 12.4. The van der Waals surface area contributed by atoms with Crippen molar-refractivity contribution in [2.75, 3.05) is 19.8 Å². The summed E-state index contributed by atoms with van der Waals surface area (Å²) in [5, 5.41) is 24.2. The summed E-state index contributed by atoms with van der Waals surface area (Å²) in [5.41, 5.74) is -0.0800. The summed E-state index contributed by atoms with van der Waals surface area (Å²) < 4.78 is 17.9. The second-order valence-electron chi connectivity index (χ2n) is 13.9. The van der Waals surface area contributed by atoms with Gasteiger partial charge in [-0.15, -0.1) is 0 Å². The van der Waals surface area contributed by atoms with Gasteiger partial charge in [0, 0.05) is 30.6 Å². The van der Waals surface area contributed by atoms with Gasteiger partial charge in [-0.2, -0.15) is 0 Å². The summed E-state index contributed by atoms with van der Waals surface area (Å²) in [6.07, 6.45) is 7.37. The SMILES string of the molecule is CC(=O)OC/C=C1/CC[C@H]2[C@@H]3C[C@@H](C)[C@@]4(O)CC5(CC[C@]4(C)[C@H]3[C@@H](O)C[C@]12C)OCC(C)(C)CO5. The zero-order valence-corrected chi connectivity index (χ0v) is 22.6. The number of ether oxygens (including phenoxy) is 3. The molecule has 1 heterocycles. The van der Waals surface area contributed by atoms with Crippen LogP contribution >= 0.6 is 0 Å². The third-order valence-electron chi connectivity index (χ3n) is 11.1. The normalized spacial score (nSPS) is 49.3. The average molecular weight is 491 g/mol. The van der Waals surface area contributed by atoms with Crippen LogP contribution in [0.15, 0.2) is 11.6 Å². The third kappa shape index (κ3) is 3.84. The van der Waals surface area contributed by atoms with Crippen molar-refractivity contribution in [2.45, 2.75) is 104 Å². The molecule has 8 atom stereocenters. The smallest absolute Gasteiger partial charge is 0.302 e. The lowest BCUT2D eigenvalue weighted by Gasteiger charge is -2.68. The first-order chi connectivity index (χ1) is 16.3. The molecule has 0 aromatic heterocycles. The minimum absolute atomic E-state index is 0.00886. The standard InChI is InChI=1S/C29H46O6/c1-18-13-21-22-8-7-20(9-12-33-19(2)30)26(22,5)14-23(31)24(21)27(6)10-11-28(15-29(18,27)32)34-16-25(3,4)17-35-28/h9,18,21-24,31-32H,7-8,10-17H2,1-6H3/b20-9-/t18-,21+,22+,23+,24-,26-,27-,29+/m1/s1. The number of hydrogen-bond acceptors (Lipinski definition) is 6. The molecule has 0 aromatic rings. The van der Waals surface area contributed by atoms with Gasteiger partial charge >= 0.3 is 5.97 Å². The highest BCUT2D eigenvalue weighted by Crippen LogP contribution is 2.70. The predicted molar refractivity (Wildman–Crippen MR) is 132 cm³/mol. The van der Waals surface area contributed by atoms with Crippen LogP contribution < -0.4 is 0 Å². The molecule has 198 valence electrons. The van der Waals surface area contributed by atoms with Crippen LogP contribution in [0.2, 0.25) is 0 Å². The van der Waals surface area contributed by atoms with Gasteiger partial charge in [-0.3, -0.25) is 4.79 Å². The van der Waals surface area contributed by atoms with E-state index in [-0.39, 0.29) is 34.1 Å². The fourth-order valence-corrected chi connectivity index (χ4v) is 9.17. The van der Waals surface area contributed by atoms with Gasteiger partial charge in [0.1, 0.15) is 6.61 Å². The molecule has 0 amide bonds. The highest BCUT2D eigenvalue weighted by atomic mass is 16.7. The molecule has 0 bridgehead atoms. The van der Waals surface area contributed by atoms with Gasteiger partial charge in [0.15, 0.2) is 5.79 Å². The monoisotopic (exact) mass is 490 g/mol. The highest BCUT2D eigenvalue weighted by Gasteiger charge is 2.70. The fourth-order valence-electron chi connectivity index (χ4n) is 9.17. The Hall–Kier alpha value is -0.950. The average Bonchev–Trinajstić information content (AvgIpc) is 3.08. The lowest BCUT2D eigenvalue weighted by Crippen LogP contribution is -2.71. The van der Waals surface area contributed by atoms with Crippen LogP contribution in [0.4, 0.5) is 0 Å². The molecule has 6 nitrogen and oxygen atoms in total. The molecule has 1 aliphatic heterocycles. The lowest BCUT2D eigenvalue weighted by molar-refractivity contribution is -0.364. The number of carbonyl (C=O) groups is 1. The van der Waals surface area contributed by atoms with Gasteiger partial charge in [0.05, 0.1) is 24.9 Å². The van der Waals surface area contributed by atoms with E-state index in [0.717, 1.165) is 32.1 Å². The van der Waals surface area contributed by atoms with Crippen molar-refractivity contribution in [1.29, 1.82) is 0 Å². The van der Waals surface area contributed by atoms with Gasteiger partial charge in [0.2, 0.25) is 0 Å². The van der Waals surface area contributed by atoms with Crippen molar-refractivity contribution in [3.63, 3.8) is 0 Å². The van der Waals surface area contributed by atoms with Crippen LogP contribution in [0.3, 0.4) is 0 Å². The number of aliphatic hydroxyl groups is 2. The van der Waals surface area contributed by atoms with Crippen LogP contribution in [0.1, 0.15) is 86.5 Å². The molecule has 6 heteroatoms. The molecule has 5 aliphatic rings. The van der Waals surface area contributed by atoms with Gasteiger partial charge in [-0.25, -0.2) is 0 Å². The molecule has 1 spiro atoms. The van der Waals surface area contributed by atoms with E-state index in [0.29, 0.717) is 44.5 Å². The topological polar surface area (TPSA) is 85.2 Å². The van der Waals surface area contributed by atoms with E-state index in [2.05, 4.69) is 40.7 Å². The minimum atomic E-state index is -0.935. The number of fused-ring (bicyclic) bond motifs is 5. The van der Waals surface area contributed by atoms with Crippen LogP contribution in [0.5, 0.6) is 0 Å². The summed E-state index contributed by atoms with van der Waals surface area (Å²) >= 11 is 0. The molecular formula is C29H46O6. The Bertz CT molecular complexity index is 886. The van der Waals surface area contributed by atoms with Crippen LogP contribution in [0, 0.1) is 39.9 Å². The Balaban J connectivity index is 1.42. The maximum Gasteiger partial charge on any atom is 0.302 e. The molecule has 4 aliphatic carbocycles. The molecule has 1 saturated heterocycles. The van der Waals surface area contributed by atoms with Crippen molar-refractivity contribution in [2.24, 2.45) is 39.9 Å². The molecule has 35 heavy (non-hydrogen) atoms. The van der Waals surface area contributed by atoms with Crippen molar-refractivity contribution < 1.29 is 29.2 Å². The molecule has 0 aromatic carbocycles. The minimum Gasteiger partial charge on any atom is -0.462 e. The second-order valence-corrected chi connectivity index (χ2v) is 13.9. The number of aliphatic hydroxyl groups excluding tert-OH is 1. The van der Waals surface area contributed by atoms with Crippen LogP contribution in [-0.2, 0) is 19.0 Å². The molecule has 4 saturated carbocycles. The molecular weight excluding hydrogens is 444 g/mol.